The van der Waals surface area contributed by atoms with Gasteiger partial charge in [0.25, 0.3) is 0 Å². The number of carbonyl (C=O) groups is 1. The molecule has 1 saturated heterocycles. The van der Waals surface area contributed by atoms with Gasteiger partial charge >= 0.3 is 5.97 Å². The number of piperazine rings is 1. The predicted octanol–water partition coefficient (Wildman–Crippen LogP) is 4.16. The van der Waals surface area contributed by atoms with Gasteiger partial charge in [0.05, 0.1) is 6.61 Å². The standard InChI is InChI=1S/C27H32FN5O3S/c1-20(27(34)35)37-24-9-3-21(4-10-24)18-33(15-16-36-2)26-17-25(29-19-30-26)32-13-11-31(12-14-32)23-7-5-22(28)6-8-23/h3-10,17,19-20H,11-16,18H2,1-2H3,(H,34,35). The third kappa shape index (κ3) is 7.33. The molecule has 37 heavy (non-hydrogen) atoms. The Morgan fingerprint density at radius 2 is 1.76 bits per heavy atom. The van der Waals surface area contributed by atoms with E-state index < -0.39 is 11.2 Å². The first-order valence-corrected chi connectivity index (χ1v) is 13.1. The Hall–Kier alpha value is -3.37. The van der Waals surface area contributed by atoms with E-state index in [1.54, 1.807) is 20.4 Å². The van der Waals surface area contributed by atoms with Gasteiger partial charge in [0.15, 0.2) is 0 Å². The van der Waals surface area contributed by atoms with Crippen molar-refractivity contribution in [2.24, 2.45) is 0 Å². The molecule has 4 rings (SSSR count). The molecule has 1 aromatic heterocycles. The Kier molecular flexibility index (Phi) is 9.19. The second-order valence-corrected chi connectivity index (χ2v) is 10.3. The smallest absolute Gasteiger partial charge is 0.316 e. The van der Waals surface area contributed by atoms with Gasteiger partial charge in [-0.05, 0) is 48.9 Å². The van der Waals surface area contributed by atoms with Gasteiger partial charge in [-0.25, -0.2) is 14.4 Å². The summed E-state index contributed by atoms with van der Waals surface area (Å²) in [5.41, 5.74) is 2.12. The highest BCUT2D eigenvalue weighted by atomic mass is 32.2. The highest BCUT2D eigenvalue weighted by Gasteiger charge is 2.20. The van der Waals surface area contributed by atoms with Crippen LogP contribution in [0.4, 0.5) is 21.7 Å². The summed E-state index contributed by atoms with van der Waals surface area (Å²) >= 11 is 1.33. The number of hydrogen-bond donors (Lipinski definition) is 1. The molecule has 0 saturated carbocycles. The summed E-state index contributed by atoms with van der Waals surface area (Å²) in [6.07, 6.45) is 1.60. The molecule has 1 fully saturated rings. The van der Waals surface area contributed by atoms with Crippen LogP contribution in [0.15, 0.2) is 65.8 Å². The van der Waals surface area contributed by atoms with Crippen molar-refractivity contribution in [1.29, 1.82) is 0 Å². The molecule has 3 aromatic rings. The van der Waals surface area contributed by atoms with E-state index in [0.717, 1.165) is 54.0 Å². The Balaban J connectivity index is 1.42. The summed E-state index contributed by atoms with van der Waals surface area (Å²) in [6.45, 7) is 6.80. The number of ether oxygens (including phenoxy) is 1. The third-order valence-electron chi connectivity index (χ3n) is 6.28. The van der Waals surface area contributed by atoms with Crippen molar-refractivity contribution in [3.8, 4) is 0 Å². The van der Waals surface area contributed by atoms with Crippen molar-refractivity contribution in [3.63, 3.8) is 0 Å². The fourth-order valence-electron chi connectivity index (χ4n) is 4.15. The van der Waals surface area contributed by atoms with Crippen LogP contribution in [0.3, 0.4) is 0 Å². The summed E-state index contributed by atoms with van der Waals surface area (Å²) in [5, 5.41) is 8.65. The minimum Gasteiger partial charge on any atom is -0.480 e. The number of benzene rings is 2. The number of aliphatic carboxylic acids is 1. The minimum absolute atomic E-state index is 0.225. The molecule has 1 aliphatic rings. The minimum atomic E-state index is -0.823. The summed E-state index contributed by atoms with van der Waals surface area (Å²) in [5.74, 6) is 0.648. The monoisotopic (exact) mass is 525 g/mol. The van der Waals surface area contributed by atoms with Crippen LogP contribution in [0.5, 0.6) is 0 Å². The number of methoxy groups -OCH3 is 1. The highest BCUT2D eigenvalue weighted by Crippen LogP contribution is 2.26. The lowest BCUT2D eigenvalue weighted by molar-refractivity contribution is -0.136. The van der Waals surface area contributed by atoms with Gasteiger partial charge in [-0.15, -0.1) is 11.8 Å². The van der Waals surface area contributed by atoms with Crippen LogP contribution in [0.2, 0.25) is 0 Å². The fraction of sp³-hybridized carbons (Fsp3) is 0.370. The Labute approximate surface area is 221 Å². The normalized spacial score (nSPS) is 14.5. The number of halogens is 1. The topological polar surface area (TPSA) is 82.0 Å². The number of thioether (sulfide) groups is 1. The van der Waals surface area contributed by atoms with Crippen LogP contribution >= 0.6 is 11.8 Å². The van der Waals surface area contributed by atoms with Crippen LogP contribution in [0, 0.1) is 5.82 Å². The number of aromatic nitrogens is 2. The molecule has 8 nitrogen and oxygen atoms in total. The molecule has 1 N–H and O–H groups in total. The molecule has 2 heterocycles. The zero-order valence-corrected chi connectivity index (χ0v) is 21.9. The Bertz CT molecular complexity index is 1160. The van der Waals surface area contributed by atoms with E-state index in [-0.39, 0.29) is 5.82 Å². The van der Waals surface area contributed by atoms with Gasteiger partial charge in [-0.3, -0.25) is 4.79 Å². The number of nitrogens with zero attached hydrogens (tertiary/aromatic N) is 5. The van der Waals surface area contributed by atoms with E-state index in [4.69, 9.17) is 9.84 Å². The molecule has 2 aromatic carbocycles. The molecule has 0 spiro atoms. The Morgan fingerprint density at radius 1 is 1.08 bits per heavy atom. The van der Waals surface area contributed by atoms with E-state index in [9.17, 15) is 9.18 Å². The van der Waals surface area contributed by atoms with E-state index in [1.165, 1.54) is 23.9 Å². The first kappa shape index (κ1) is 26.7. The maximum atomic E-state index is 13.3. The first-order valence-electron chi connectivity index (χ1n) is 12.2. The number of rotatable bonds is 11. The van der Waals surface area contributed by atoms with Crippen LogP contribution in [-0.4, -0.2) is 72.7 Å². The summed E-state index contributed by atoms with van der Waals surface area (Å²) < 4.78 is 18.6. The van der Waals surface area contributed by atoms with Gasteiger partial charge in [0.1, 0.15) is 29.0 Å². The van der Waals surface area contributed by atoms with Crippen molar-refractivity contribution in [3.05, 3.63) is 72.3 Å². The zero-order chi connectivity index (χ0) is 26.2. The fourth-order valence-corrected chi connectivity index (χ4v) is 4.96. The molecular weight excluding hydrogens is 493 g/mol. The lowest BCUT2D eigenvalue weighted by Crippen LogP contribution is -2.46. The Morgan fingerprint density at radius 3 is 2.41 bits per heavy atom. The lowest BCUT2D eigenvalue weighted by atomic mass is 10.2. The summed E-state index contributed by atoms with van der Waals surface area (Å²) in [7, 11) is 1.68. The summed E-state index contributed by atoms with van der Waals surface area (Å²) in [4.78, 5) is 27.8. The van der Waals surface area contributed by atoms with Crippen molar-refractivity contribution in [2.45, 2.75) is 23.6 Å². The van der Waals surface area contributed by atoms with Gasteiger partial charge in [-0.2, -0.15) is 0 Å². The number of hydrogen-bond acceptors (Lipinski definition) is 8. The van der Waals surface area contributed by atoms with Crippen LogP contribution in [0.25, 0.3) is 0 Å². The third-order valence-corrected chi connectivity index (χ3v) is 7.38. The molecular formula is C27H32FN5O3S. The molecule has 0 amide bonds. The molecule has 10 heteroatoms. The van der Waals surface area contributed by atoms with Crippen LogP contribution in [-0.2, 0) is 16.1 Å². The molecule has 1 aliphatic heterocycles. The van der Waals surface area contributed by atoms with E-state index in [1.807, 2.05) is 42.5 Å². The SMILES string of the molecule is COCCN(Cc1ccc(SC(C)C(=O)O)cc1)c1cc(N2CCN(c3ccc(F)cc3)CC2)ncn1. The highest BCUT2D eigenvalue weighted by molar-refractivity contribution is 8.00. The average Bonchev–Trinajstić information content (AvgIpc) is 2.92. The van der Waals surface area contributed by atoms with Gasteiger partial charge in [0.2, 0.25) is 0 Å². The van der Waals surface area contributed by atoms with Crippen molar-refractivity contribution < 1.29 is 19.0 Å². The molecule has 196 valence electrons. The first-order chi connectivity index (χ1) is 17.9. The molecule has 0 radical (unpaired) electrons. The van der Waals surface area contributed by atoms with Crippen LogP contribution < -0.4 is 14.7 Å². The largest absolute Gasteiger partial charge is 0.480 e. The maximum Gasteiger partial charge on any atom is 0.316 e. The molecule has 0 bridgehead atoms. The van der Waals surface area contributed by atoms with Crippen molar-refractivity contribution >= 4 is 35.1 Å². The van der Waals surface area contributed by atoms with Crippen molar-refractivity contribution in [2.75, 3.05) is 61.1 Å². The average molecular weight is 526 g/mol. The number of carboxylic acid groups (broad SMARTS) is 1. The zero-order valence-electron chi connectivity index (χ0n) is 21.1. The predicted molar refractivity (Wildman–Crippen MR) is 145 cm³/mol. The maximum absolute atomic E-state index is 13.3. The van der Waals surface area contributed by atoms with Gasteiger partial charge in [0, 0.05) is 63.0 Å². The van der Waals surface area contributed by atoms with Gasteiger partial charge < -0.3 is 24.5 Å². The summed E-state index contributed by atoms with van der Waals surface area (Å²) in [6, 6.07) is 16.6. The number of carboxylic acids is 1. The van der Waals surface area contributed by atoms with Crippen LogP contribution in [0.1, 0.15) is 12.5 Å². The second-order valence-electron chi connectivity index (χ2n) is 8.84. The number of anilines is 3. The lowest BCUT2D eigenvalue weighted by Gasteiger charge is -2.37. The molecule has 1 atom stereocenters. The quantitative estimate of drug-likeness (QED) is 0.371. The van der Waals surface area contributed by atoms with E-state index in [2.05, 4.69) is 24.7 Å². The van der Waals surface area contributed by atoms with Crippen molar-refractivity contribution in [1.82, 2.24) is 9.97 Å². The molecule has 1 unspecified atom stereocenters. The van der Waals surface area contributed by atoms with Gasteiger partial charge in [-0.1, -0.05) is 12.1 Å². The molecule has 0 aliphatic carbocycles. The van der Waals surface area contributed by atoms with E-state index in [0.29, 0.717) is 19.7 Å². The van der Waals surface area contributed by atoms with E-state index >= 15 is 0 Å². The second kappa shape index (κ2) is 12.7.